The van der Waals surface area contributed by atoms with Gasteiger partial charge in [-0.15, -0.1) is 0 Å². The van der Waals surface area contributed by atoms with E-state index in [2.05, 4.69) is 37.1 Å². The van der Waals surface area contributed by atoms with Crippen molar-refractivity contribution < 1.29 is 0 Å². The van der Waals surface area contributed by atoms with E-state index in [9.17, 15) is 0 Å². The van der Waals surface area contributed by atoms with E-state index in [1.54, 1.807) is 23.3 Å². The lowest BCUT2D eigenvalue weighted by molar-refractivity contribution is 0.391. The summed E-state index contributed by atoms with van der Waals surface area (Å²) >= 11 is 0. The summed E-state index contributed by atoms with van der Waals surface area (Å²) in [4.78, 5) is 18.5. The van der Waals surface area contributed by atoms with Gasteiger partial charge in [0, 0.05) is 25.0 Å². The molecule has 0 aromatic carbocycles. The van der Waals surface area contributed by atoms with Gasteiger partial charge in [0.25, 0.3) is 0 Å². The Morgan fingerprint density at radius 1 is 1.37 bits per heavy atom. The minimum Gasteiger partial charge on any atom is -0.368 e. The third-order valence-electron chi connectivity index (χ3n) is 2.39. The number of aromatic nitrogens is 5. The maximum absolute atomic E-state index is 5.70. The second kappa shape index (κ2) is 5.61. The van der Waals surface area contributed by atoms with Gasteiger partial charge in [-0.1, -0.05) is 0 Å². The maximum Gasteiger partial charge on any atom is 0.241 e. The number of rotatable bonds is 5. The van der Waals surface area contributed by atoms with Crippen molar-refractivity contribution in [2.24, 2.45) is 0 Å². The Morgan fingerprint density at radius 3 is 2.79 bits per heavy atom. The van der Waals surface area contributed by atoms with Gasteiger partial charge in [0.2, 0.25) is 17.8 Å². The first-order chi connectivity index (χ1) is 9.04. The maximum atomic E-state index is 5.70. The van der Waals surface area contributed by atoms with Gasteiger partial charge in [0.05, 0.1) is 0 Å². The molecular weight excluding hydrogens is 244 g/mol. The zero-order chi connectivity index (χ0) is 13.8. The third-order valence-corrected chi connectivity index (χ3v) is 2.39. The predicted octanol–water partition coefficient (Wildman–Crippen LogP) is 0.00150. The molecule has 2 aromatic heterocycles. The van der Waals surface area contributed by atoms with Crippen LogP contribution in [0, 0.1) is 0 Å². The van der Waals surface area contributed by atoms with Crippen molar-refractivity contribution in [3.05, 3.63) is 18.7 Å². The van der Waals surface area contributed by atoms with Crippen LogP contribution in [0.5, 0.6) is 0 Å². The highest BCUT2D eigenvalue weighted by Gasteiger charge is 2.09. The smallest absolute Gasteiger partial charge is 0.241 e. The summed E-state index contributed by atoms with van der Waals surface area (Å²) in [6, 6.07) is 0.201. The van der Waals surface area contributed by atoms with Crippen molar-refractivity contribution in [3.8, 4) is 5.95 Å². The molecule has 0 amide bonds. The minimum absolute atomic E-state index is 0.179. The van der Waals surface area contributed by atoms with Crippen LogP contribution < -0.4 is 11.1 Å². The molecule has 2 heterocycles. The van der Waals surface area contributed by atoms with Gasteiger partial charge >= 0.3 is 0 Å². The molecule has 0 spiro atoms. The number of hydrogen-bond acceptors (Lipinski definition) is 7. The van der Waals surface area contributed by atoms with Crippen molar-refractivity contribution in [2.75, 3.05) is 31.7 Å². The molecule has 1 atom stereocenters. The third kappa shape index (κ3) is 3.62. The van der Waals surface area contributed by atoms with Gasteiger partial charge in [-0.2, -0.15) is 15.0 Å². The lowest BCUT2D eigenvalue weighted by Gasteiger charge is -2.18. The summed E-state index contributed by atoms with van der Waals surface area (Å²) in [6.07, 6.45) is 5.02. The number of likely N-dealkylation sites (N-methyl/N-ethyl adjacent to an activating group) is 1. The van der Waals surface area contributed by atoms with E-state index in [-0.39, 0.29) is 12.0 Å². The zero-order valence-corrected chi connectivity index (χ0v) is 11.3. The van der Waals surface area contributed by atoms with Gasteiger partial charge in [-0.25, -0.2) is 4.98 Å². The predicted molar refractivity (Wildman–Crippen MR) is 73.0 cm³/mol. The molecule has 0 bridgehead atoms. The molecule has 8 heteroatoms. The molecule has 0 fully saturated rings. The van der Waals surface area contributed by atoms with E-state index in [0.717, 1.165) is 6.54 Å². The molecule has 102 valence electrons. The number of nitrogens with one attached hydrogen (secondary N) is 1. The standard InChI is InChI=1S/C11H18N8/c1-8(6-18(2)3)14-10-15-9(12)16-11(17-10)19-5-4-13-7-19/h4-5,7-8H,6H2,1-3H3,(H3,12,14,15,16,17). The SMILES string of the molecule is CC(CN(C)C)Nc1nc(N)nc(-n2ccnc2)n1. The summed E-state index contributed by atoms with van der Waals surface area (Å²) in [5, 5.41) is 3.20. The average Bonchev–Trinajstić information content (AvgIpc) is 2.79. The fourth-order valence-corrected chi connectivity index (χ4v) is 1.75. The largest absolute Gasteiger partial charge is 0.368 e. The summed E-state index contributed by atoms with van der Waals surface area (Å²) in [5.41, 5.74) is 5.70. The molecule has 8 nitrogen and oxygen atoms in total. The number of hydrogen-bond donors (Lipinski definition) is 2. The average molecular weight is 262 g/mol. The van der Waals surface area contributed by atoms with Crippen LogP contribution in [0.1, 0.15) is 6.92 Å². The molecule has 0 radical (unpaired) electrons. The van der Waals surface area contributed by atoms with Crippen LogP contribution in [0.25, 0.3) is 5.95 Å². The highest BCUT2D eigenvalue weighted by Crippen LogP contribution is 2.08. The van der Waals surface area contributed by atoms with Crippen LogP contribution in [0.2, 0.25) is 0 Å². The first-order valence-electron chi connectivity index (χ1n) is 5.95. The van der Waals surface area contributed by atoms with Gasteiger partial charge in [0.15, 0.2) is 0 Å². The van der Waals surface area contributed by atoms with Crippen LogP contribution in [0.3, 0.4) is 0 Å². The number of nitrogen functional groups attached to an aromatic ring is 1. The molecule has 3 N–H and O–H groups in total. The van der Waals surface area contributed by atoms with Crippen molar-refractivity contribution in [3.63, 3.8) is 0 Å². The zero-order valence-electron chi connectivity index (χ0n) is 11.3. The first kappa shape index (κ1) is 13.2. The number of nitrogens with two attached hydrogens (primary N) is 1. The Bertz CT molecular complexity index is 521. The van der Waals surface area contributed by atoms with Crippen LogP contribution in [0.4, 0.5) is 11.9 Å². The molecule has 0 aliphatic heterocycles. The molecule has 2 aromatic rings. The lowest BCUT2D eigenvalue weighted by Crippen LogP contribution is -2.30. The topological polar surface area (TPSA) is 97.8 Å². The van der Waals surface area contributed by atoms with E-state index in [1.807, 2.05) is 14.1 Å². The highest BCUT2D eigenvalue weighted by molar-refractivity contribution is 5.35. The Kier molecular flexibility index (Phi) is 3.91. The molecular formula is C11H18N8. The lowest BCUT2D eigenvalue weighted by atomic mass is 10.3. The summed E-state index contributed by atoms with van der Waals surface area (Å²) in [5.74, 6) is 1.09. The molecule has 1 unspecified atom stereocenters. The molecule has 0 saturated heterocycles. The Balaban J connectivity index is 2.18. The Morgan fingerprint density at radius 2 is 2.16 bits per heavy atom. The van der Waals surface area contributed by atoms with E-state index >= 15 is 0 Å². The van der Waals surface area contributed by atoms with Crippen molar-refractivity contribution in [1.82, 2.24) is 29.4 Å². The number of nitrogens with zero attached hydrogens (tertiary/aromatic N) is 6. The van der Waals surface area contributed by atoms with Crippen LogP contribution in [-0.2, 0) is 0 Å². The monoisotopic (exact) mass is 262 g/mol. The summed E-state index contributed by atoms with van der Waals surface area (Å²) in [7, 11) is 4.02. The van der Waals surface area contributed by atoms with Gasteiger partial charge in [-0.3, -0.25) is 4.57 Å². The summed E-state index contributed by atoms with van der Waals surface area (Å²) < 4.78 is 1.68. The Labute approximate surface area is 111 Å². The quantitative estimate of drug-likeness (QED) is 0.782. The fourth-order valence-electron chi connectivity index (χ4n) is 1.75. The van der Waals surface area contributed by atoms with Crippen molar-refractivity contribution >= 4 is 11.9 Å². The van der Waals surface area contributed by atoms with Crippen LogP contribution in [0.15, 0.2) is 18.7 Å². The van der Waals surface area contributed by atoms with Crippen LogP contribution in [-0.4, -0.2) is 56.1 Å². The van der Waals surface area contributed by atoms with Crippen molar-refractivity contribution in [1.29, 1.82) is 0 Å². The summed E-state index contributed by atoms with van der Waals surface area (Å²) in [6.45, 7) is 2.92. The first-order valence-corrected chi connectivity index (χ1v) is 5.95. The van der Waals surface area contributed by atoms with Gasteiger partial charge in [-0.05, 0) is 21.0 Å². The molecule has 0 aliphatic rings. The molecule has 19 heavy (non-hydrogen) atoms. The van der Waals surface area contributed by atoms with Crippen molar-refractivity contribution in [2.45, 2.75) is 13.0 Å². The number of imidazole rings is 1. The molecule has 0 saturated carbocycles. The normalized spacial score (nSPS) is 12.6. The van der Waals surface area contributed by atoms with E-state index in [1.165, 1.54) is 0 Å². The van der Waals surface area contributed by atoms with Crippen LogP contribution >= 0.6 is 0 Å². The van der Waals surface area contributed by atoms with Gasteiger partial charge in [0.1, 0.15) is 6.33 Å². The van der Waals surface area contributed by atoms with Gasteiger partial charge < -0.3 is 16.0 Å². The second-order valence-electron chi connectivity index (χ2n) is 4.59. The highest BCUT2D eigenvalue weighted by atomic mass is 15.3. The van der Waals surface area contributed by atoms with E-state index in [4.69, 9.17) is 5.73 Å². The van der Waals surface area contributed by atoms with E-state index in [0.29, 0.717) is 11.9 Å². The molecule has 2 rings (SSSR count). The second-order valence-corrected chi connectivity index (χ2v) is 4.59. The minimum atomic E-state index is 0.179. The molecule has 0 aliphatic carbocycles. The van der Waals surface area contributed by atoms with E-state index < -0.39 is 0 Å². The Hall–Kier alpha value is -2.22. The fraction of sp³-hybridized carbons (Fsp3) is 0.455. The number of anilines is 2.